The van der Waals surface area contributed by atoms with Gasteiger partial charge in [0.05, 0.1) is 0 Å². The van der Waals surface area contributed by atoms with Gasteiger partial charge in [-0.25, -0.2) is 0 Å². The lowest BCUT2D eigenvalue weighted by molar-refractivity contribution is 0.184. The molecular formula is C16H20N2O. The molecule has 1 N–H and O–H groups in total. The van der Waals surface area contributed by atoms with Gasteiger partial charge in [-0.05, 0) is 48.4 Å². The van der Waals surface area contributed by atoms with Gasteiger partial charge >= 0.3 is 0 Å². The molecule has 100 valence electrons. The fourth-order valence-corrected chi connectivity index (χ4v) is 2.59. The quantitative estimate of drug-likeness (QED) is 0.835. The van der Waals surface area contributed by atoms with Crippen molar-refractivity contribution in [2.24, 2.45) is 5.92 Å². The Balaban J connectivity index is 1.50. The van der Waals surface area contributed by atoms with E-state index in [0.29, 0.717) is 0 Å². The van der Waals surface area contributed by atoms with Gasteiger partial charge in [0.1, 0.15) is 0 Å². The van der Waals surface area contributed by atoms with E-state index in [-0.39, 0.29) is 0 Å². The SMILES string of the molecule is c1cc2cc(CNCCC3CCOC3)ccc2cn1. The summed E-state index contributed by atoms with van der Waals surface area (Å²) >= 11 is 0. The van der Waals surface area contributed by atoms with E-state index in [2.05, 4.69) is 34.6 Å². The van der Waals surface area contributed by atoms with Gasteiger partial charge in [0.25, 0.3) is 0 Å². The first kappa shape index (κ1) is 12.6. The van der Waals surface area contributed by atoms with Gasteiger partial charge in [-0.15, -0.1) is 0 Å². The molecule has 1 aliphatic heterocycles. The maximum Gasteiger partial charge on any atom is 0.0495 e. The van der Waals surface area contributed by atoms with Crippen molar-refractivity contribution in [2.45, 2.75) is 19.4 Å². The number of hydrogen-bond acceptors (Lipinski definition) is 3. The summed E-state index contributed by atoms with van der Waals surface area (Å²) in [5.41, 5.74) is 1.33. The molecule has 2 heterocycles. The minimum Gasteiger partial charge on any atom is -0.381 e. The second-order valence-electron chi connectivity index (χ2n) is 5.25. The van der Waals surface area contributed by atoms with Crippen LogP contribution in [0, 0.1) is 5.92 Å². The summed E-state index contributed by atoms with van der Waals surface area (Å²) in [6.45, 7) is 3.91. The van der Waals surface area contributed by atoms with Crippen LogP contribution in [-0.2, 0) is 11.3 Å². The number of pyridine rings is 1. The van der Waals surface area contributed by atoms with Crippen LogP contribution in [0.15, 0.2) is 36.7 Å². The number of hydrogen-bond donors (Lipinski definition) is 1. The van der Waals surface area contributed by atoms with Crippen LogP contribution in [0.2, 0.25) is 0 Å². The van der Waals surface area contributed by atoms with E-state index < -0.39 is 0 Å². The fraction of sp³-hybridized carbons (Fsp3) is 0.438. The standard InChI is InChI=1S/C16H20N2O/c1-2-16-11-18-7-4-15(16)9-14(1)10-17-6-3-13-5-8-19-12-13/h1-2,4,7,9,11,13,17H,3,5-6,8,10,12H2. The monoisotopic (exact) mass is 256 g/mol. The Bertz CT molecular complexity index is 535. The molecule has 3 nitrogen and oxygen atoms in total. The summed E-state index contributed by atoms with van der Waals surface area (Å²) in [6, 6.07) is 8.62. The Kier molecular flexibility index (Phi) is 4.06. The molecule has 0 radical (unpaired) electrons. The highest BCUT2D eigenvalue weighted by Gasteiger charge is 2.14. The second kappa shape index (κ2) is 6.13. The third kappa shape index (κ3) is 3.31. The summed E-state index contributed by atoms with van der Waals surface area (Å²) in [5.74, 6) is 0.759. The van der Waals surface area contributed by atoms with E-state index in [1.54, 1.807) is 0 Å². The molecule has 0 amide bonds. The summed E-state index contributed by atoms with van der Waals surface area (Å²) in [6.07, 6.45) is 6.20. The van der Waals surface area contributed by atoms with E-state index in [4.69, 9.17) is 4.74 Å². The van der Waals surface area contributed by atoms with Crippen molar-refractivity contribution in [2.75, 3.05) is 19.8 Å². The van der Waals surface area contributed by atoms with Crippen LogP contribution >= 0.6 is 0 Å². The smallest absolute Gasteiger partial charge is 0.0495 e. The molecule has 1 unspecified atom stereocenters. The molecule has 2 aromatic rings. The summed E-state index contributed by atoms with van der Waals surface area (Å²) < 4.78 is 5.39. The Morgan fingerprint density at radius 2 is 2.26 bits per heavy atom. The van der Waals surface area contributed by atoms with E-state index in [9.17, 15) is 0 Å². The molecule has 1 aliphatic rings. The molecule has 1 atom stereocenters. The van der Waals surface area contributed by atoms with Crippen LogP contribution in [-0.4, -0.2) is 24.7 Å². The minimum atomic E-state index is 0.759. The van der Waals surface area contributed by atoms with Crippen molar-refractivity contribution in [3.63, 3.8) is 0 Å². The van der Waals surface area contributed by atoms with Gasteiger partial charge in [-0.1, -0.05) is 12.1 Å². The topological polar surface area (TPSA) is 34.1 Å². The molecule has 0 bridgehead atoms. The second-order valence-corrected chi connectivity index (χ2v) is 5.25. The molecule has 1 fully saturated rings. The molecule has 0 aliphatic carbocycles. The molecule has 1 saturated heterocycles. The maximum absolute atomic E-state index is 5.39. The van der Waals surface area contributed by atoms with Crippen molar-refractivity contribution in [1.82, 2.24) is 10.3 Å². The number of ether oxygens (including phenoxy) is 1. The molecule has 19 heavy (non-hydrogen) atoms. The molecule has 3 rings (SSSR count). The number of nitrogens with one attached hydrogen (secondary N) is 1. The van der Waals surface area contributed by atoms with E-state index in [1.807, 2.05) is 12.4 Å². The zero-order valence-corrected chi connectivity index (χ0v) is 11.1. The highest BCUT2D eigenvalue weighted by atomic mass is 16.5. The average molecular weight is 256 g/mol. The zero-order chi connectivity index (χ0) is 12.9. The van der Waals surface area contributed by atoms with Gasteiger partial charge in [0.2, 0.25) is 0 Å². The normalized spacial score (nSPS) is 19.1. The number of fused-ring (bicyclic) bond motifs is 1. The van der Waals surface area contributed by atoms with E-state index in [1.165, 1.54) is 29.2 Å². The molecule has 1 aromatic carbocycles. The van der Waals surface area contributed by atoms with Gasteiger partial charge in [-0.2, -0.15) is 0 Å². The van der Waals surface area contributed by atoms with Crippen LogP contribution in [0.4, 0.5) is 0 Å². The van der Waals surface area contributed by atoms with Crippen molar-refractivity contribution < 1.29 is 4.74 Å². The highest BCUT2D eigenvalue weighted by Crippen LogP contribution is 2.16. The molecule has 3 heteroatoms. The van der Waals surface area contributed by atoms with Crippen molar-refractivity contribution >= 4 is 10.8 Å². The molecule has 1 aromatic heterocycles. The van der Waals surface area contributed by atoms with Gasteiger partial charge in [0, 0.05) is 37.5 Å². The third-order valence-corrected chi connectivity index (χ3v) is 3.79. The number of nitrogens with zero attached hydrogens (tertiary/aromatic N) is 1. The van der Waals surface area contributed by atoms with Crippen LogP contribution in [0.25, 0.3) is 10.8 Å². The molecule has 0 spiro atoms. The van der Waals surface area contributed by atoms with Crippen molar-refractivity contribution in [3.05, 3.63) is 42.2 Å². The fourth-order valence-electron chi connectivity index (χ4n) is 2.59. The van der Waals surface area contributed by atoms with E-state index in [0.717, 1.165) is 32.2 Å². The first-order valence-corrected chi connectivity index (χ1v) is 7.03. The Morgan fingerprint density at radius 1 is 1.26 bits per heavy atom. The highest BCUT2D eigenvalue weighted by molar-refractivity contribution is 5.81. The number of rotatable bonds is 5. The summed E-state index contributed by atoms with van der Waals surface area (Å²) in [7, 11) is 0. The average Bonchev–Trinajstić information content (AvgIpc) is 2.97. The predicted octanol–water partition coefficient (Wildman–Crippen LogP) is 2.75. The van der Waals surface area contributed by atoms with Crippen LogP contribution in [0.3, 0.4) is 0 Å². The first-order chi connectivity index (χ1) is 9.42. The van der Waals surface area contributed by atoms with E-state index >= 15 is 0 Å². The van der Waals surface area contributed by atoms with Gasteiger partial charge < -0.3 is 10.1 Å². The van der Waals surface area contributed by atoms with Gasteiger partial charge in [0.15, 0.2) is 0 Å². The summed E-state index contributed by atoms with van der Waals surface area (Å²) in [4.78, 5) is 4.13. The van der Waals surface area contributed by atoms with Crippen molar-refractivity contribution in [1.29, 1.82) is 0 Å². The number of aromatic nitrogens is 1. The van der Waals surface area contributed by atoms with Crippen LogP contribution < -0.4 is 5.32 Å². The minimum absolute atomic E-state index is 0.759. The Hall–Kier alpha value is -1.45. The van der Waals surface area contributed by atoms with Crippen LogP contribution in [0.1, 0.15) is 18.4 Å². The lowest BCUT2D eigenvalue weighted by Gasteiger charge is -2.09. The zero-order valence-electron chi connectivity index (χ0n) is 11.1. The third-order valence-electron chi connectivity index (χ3n) is 3.79. The Morgan fingerprint density at radius 3 is 3.16 bits per heavy atom. The van der Waals surface area contributed by atoms with Crippen molar-refractivity contribution in [3.8, 4) is 0 Å². The maximum atomic E-state index is 5.39. The molecule has 0 saturated carbocycles. The molecular weight excluding hydrogens is 236 g/mol. The lowest BCUT2D eigenvalue weighted by Crippen LogP contribution is -2.17. The predicted molar refractivity (Wildman–Crippen MR) is 77.0 cm³/mol. The number of benzene rings is 1. The Labute approximate surface area is 114 Å². The van der Waals surface area contributed by atoms with Crippen LogP contribution in [0.5, 0.6) is 0 Å². The summed E-state index contributed by atoms with van der Waals surface area (Å²) in [5, 5.41) is 5.99. The first-order valence-electron chi connectivity index (χ1n) is 7.03. The largest absolute Gasteiger partial charge is 0.381 e. The van der Waals surface area contributed by atoms with Gasteiger partial charge in [-0.3, -0.25) is 4.98 Å². The lowest BCUT2D eigenvalue weighted by atomic mass is 10.1.